The minimum absolute atomic E-state index is 0.133. The van der Waals surface area contributed by atoms with Gasteiger partial charge in [0, 0.05) is 17.3 Å². The Bertz CT molecular complexity index is 590. The summed E-state index contributed by atoms with van der Waals surface area (Å²) in [5.41, 5.74) is 1.28. The molecule has 17 heavy (non-hydrogen) atoms. The first-order valence-corrected chi connectivity index (χ1v) is 5.62. The number of aromatic amines is 1. The molecular formula is C10H9N3O3S. The fourth-order valence-corrected chi connectivity index (χ4v) is 1.89. The van der Waals surface area contributed by atoms with Crippen molar-refractivity contribution in [1.82, 2.24) is 9.97 Å². The van der Waals surface area contributed by atoms with Crippen molar-refractivity contribution in [2.24, 2.45) is 0 Å². The molecule has 0 unspecified atom stereocenters. The molecule has 2 aromatic rings. The lowest BCUT2D eigenvalue weighted by atomic mass is 10.2. The van der Waals surface area contributed by atoms with E-state index in [-0.39, 0.29) is 10.4 Å². The number of thiazole rings is 1. The van der Waals surface area contributed by atoms with Crippen LogP contribution in [0.3, 0.4) is 0 Å². The number of aromatic carboxylic acids is 1. The molecule has 6 nitrogen and oxygen atoms in total. The van der Waals surface area contributed by atoms with Crippen LogP contribution in [0.4, 0.5) is 5.69 Å². The SMILES string of the molecule is O=C(O)c1ccncc1NCc1csc(=O)[nH]1. The average Bonchev–Trinajstić information content (AvgIpc) is 2.73. The number of aromatic nitrogens is 2. The Morgan fingerprint density at radius 2 is 2.41 bits per heavy atom. The highest BCUT2D eigenvalue weighted by atomic mass is 32.1. The van der Waals surface area contributed by atoms with Crippen LogP contribution < -0.4 is 10.2 Å². The number of hydrogen-bond acceptors (Lipinski definition) is 5. The summed E-state index contributed by atoms with van der Waals surface area (Å²) in [7, 11) is 0. The Morgan fingerprint density at radius 3 is 3.06 bits per heavy atom. The van der Waals surface area contributed by atoms with E-state index < -0.39 is 5.97 Å². The number of pyridine rings is 1. The molecule has 0 spiro atoms. The van der Waals surface area contributed by atoms with Gasteiger partial charge < -0.3 is 15.4 Å². The molecule has 0 atom stereocenters. The lowest BCUT2D eigenvalue weighted by molar-refractivity contribution is 0.0698. The summed E-state index contributed by atoms with van der Waals surface area (Å²) < 4.78 is 0. The van der Waals surface area contributed by atoms with E-state index in [1.54, 1.807) is 5.38 Å². The van der Waals surface area contributed by atoms with Crippen LogP contribution in [0.15, 0.2) is 28.6 Å². The molecule has 2 heterocycles. The Labute approximate surface area is 100.0 Å². The average molecular weight is 251 g/mol. The number of anilines is 1. The zero-order valence-electron chi connectivity index (χ0n) is 8.64. The van der Waals surface area contributed by atoms with Crippen LogP contribution in [0.5, 0.6) is 0 Å². The van der Waals surface area contributed by atoms with Gasteiger partial charge in [-0.2, -0.15) is 0 Å². The molecule has 2 aromatic heterocycles. The highest BCUT2D eigenvalue weighted by Gasteiger charge is 2.09. The van der Waals surface area contributed by atoms with Gasteiger partial charge in [-0.1, -0.05) is 11.3 Å². The van der Waals surface area contributed by atoms with Crippen molar-refractivity contribution in [3.05, 3.63) is 44.8 Å². The highest BCUT2D eigenvalue weighted by Crippen LogP contribution is 2.14. The standard InChI is InChI=1S/C10H9N3O3S/c14-9(15)7-1-2-11-4-8(7)12-3-6-5-17-10(16)13-6/h1-2,4-5,12H,3H2,(H,13,16)(H,14,15). The number of rotatable bonds is 4. The molecule has 3 N–H and O–H groups in total. The second-order valence-electron chi connectivity index (χ2n) is 3.25. The minimum atomic E-state index is -1.02. The third-order valence-corrected chi connectivity index (χ3v) is 2.81. The molecule has 0 radical (unpaired) electrons. The van der Waals surface area contributed by atoms with Gasteiger partial charge in [0.05, 0.1) is 24.0 Å². The van der Waals surface area contributed by atoms with Gasteiger partial charge in [-0.25, -0.2) is 4.79 Å². The van der Waals surface area contributed by atoms with Gasteiger partial charge in [0.15, 0.2) is 0 Å². The molecule has 0 aliphatic carbocycles. The third-order valence-electron chi connectivity index (χ3n) is 2.09. The first kappa shape index (κ1) is 11.3. The summed E-state index contributed by atoms with van der Waals surface area (Å²) in [6.45, 7) is 0.352. The van der Waals surface area contributed by atoms with Crippen LogP contribution in [-0.4, -0.2) is 21.0 Å². The fourth-order valence-electron chi connectivity index (χ4n) is 1.31. The summed E-state index contributed by atoms with van der Waals surface area (Å²) in [4.78, 5) is 28.2. The van der Waals surface area contributed by atoms with Crippen LogP contribution >= 0.6 is 11.3 Å². The molecule has 0 aliphatic rings. The number of carboxylic acid groups (broad SMARTS) is 1. The number of nitrogens with zero attached hydrogens (tertiary/aromatic N) is 1. The highest BCUT2D eigenvalue weighted by molar-refractivity contribution is 7.07. The Hall–Kier alpha value is -2.15. The topological polar surface area (TPSA) is 95.1 Å². The summed E-state index contributed by atoms with van der Waals surface area (Å²) in [6.07, 6.45) is 2.86. The van der Waals surface area contributed by atoms with Crippen molar-refractivity contribution in [3.8, 4) is 0 Å². The molecule has 0 bridgehead atoms. The van der Waals surface area contributed by atoms with E-state index >= 15 is 0 Å². The third kappa shape index (κ3) is 2.70. The van der Waals surface area contributed by atoms with Crippen molar-refractivity contribution in [2.75, 3.05) is 5.32 Å². The summed E-state index contributed by atoms with van der Waals surface area (Å²) in [6, 6.07) is 1.42. The first-order valence-electron chi connectivity index (χ1n) is 4.74. The number of carboxylic acids is 1. The van der Waals surface area contributed by atoms with E-state index in [0.29, 0.717) is 17.9 Å². The predicted molar refractivity (Wildman–Crippen MR) is 63.5 cm³/mol. The minimum Gasteiger partial charge on any atom is -0.478 e. The molecule has 0 saturated carbocycles. The van der Waals surface area contributed by atoms with Gasteiger partial charge in [-0.05, 0) is 6.07 Å². The molecule has 2 rings (SSSR count). The van der Waals surface area contributed by atoms with Crippen molar-refractivity contribution in [2.45, 2.75) is 6.54 Å². The van der Waals surface area contributed by atoms with E-state index in [9.17, 15) is 9.59 Å². The largest absolute Gasteiger partial charge is 0.478 e. The molecule has 0 aromatic carbocycles. The molecule has 88 valence electrons. The summed E-state index contributed by atoms with van der Waals surface area (Å²) in [5.74, 6) is -1.02. The quantitative estimate of drug-likeness (QED) is 0.757. The van der Waals surface area contributed by atoms with Crippen molar-refractivity contribution < 1.29 is 9.90 Å². The van der Waals surface area contributed by atoms with Crippen LogP contribution in [0, 0.1) is 0 Å². The number of nitrogens with one attached hydrogen (secondary N) is 2. The van der Waals surface area contributed by atoms with Gasteiger partial charge in [0.25, 0.3) is 0 Å². The van der Waals surface area contributed by atoms with Crippen LogP contribution in [0.1, 0.15) is 16.1 Å². The normalized spacial score (nSPS) is 10.1. The molecular weight excluding hydrogens is 242 g/mol. The Morgan fingerprint density at radius 1 is 1.59 bits per heavy atom. The molecule has 0 fully saturated rings. The number of hydrogen-bond donors (Lipinski definition) is 3. The number of H-pyrrole nitrogens is 1. The van der Waals surface area contributed by atoms with E-state index in [1.807, 2.05) is 0 Å². The zero-order chi connectivity index (χ0) is 12.3. The van der Waals surface area contributed by atoms with Crippen LogP contribution in [0.2, 0.25) is 0 Å². The Balaban J connectivity index is 2.14. The lowest BCUT2D eigenvalue weighted by Gasteiger charge is -2.07. The number of carbonyl (C=O) groups is 1. The second-order valence-corrected chi connectivity index (χ2v) is 4.10. The smallest absolute Gasteiger partial charge is 0.337 e. The summed E-state index contributed by atoms with van der Waals surface area (Å²) >= 11 is 1.07. The molecule has 7 heteroatoms. The van der Waals surface area contributed by atoms with E-state index in [2.05, 4.69) is 15.3 Å². The van der Waals surface area contributed by atoms with Gasteiger partial charge in [-0.3, -0.25) is 9.78 Å². The maximum atomic E-state index is 10.9. The molecule has 0 aliphatic heterocycles. The predicted octanol–water partition coefficient (Wildman–Crippen LogP) is 1.14. The molecule has 0 saturated heterocycles. The van der Waals surface area contributed by atoms with Gasteiger partial charge in [-0.15, -0.1) is 0 Å². The monoisotopic (exact) mass is 251 g/mol. The van der Waals surface area contributed by atoms with Gasteiger partial charge in [0.1, 0.15) is 0 Å². The first-order chi connectivity index (χ1) is 8.16. The maximum Gasteiger partial charge on any atom is 0.337 e. The van der Waals surface area contributed by atoms with Crippen molar-refractivity contribution in [1.29, 1.82) is 0 Å². The zero-order valence-corrected chi connectivity index (χ0v) is 9.45. The van der Waals surface area contributed by atoms with Crippen LogP contribution in [-0.2, 0) is 6.54 Å². The van der Waals surface area contributed by atoms with E-state index in [0.717, 1.165) is 11.3 Å². The van der Waals surface area contributed by atoms with Crippen molar-refractivity contribution >= 4 is 23.0 Å². The van der Waals surface area contributed by atoms with Gasteiger partial charge in [0.2, 0.25) is 0 Å². The second kappa shape index (κ2) is 4.79. The Kier molecular flexibility index (Phi) is 3.20. The maximum absolute atomic E-state index is 10.9. The lowest BCUT2D eigenvalue weighted by Crippen LogP contribution is -2.07. The summed E-state index contributed by atoms with van der Waals surface area (Å²) in [5, 5.41) is 13.5. The van der Waals surface area contributed by atoms with E-state index in [4.69, 9.17) is 5.11 Å². The van der Waals surface area contributed by atoms with Gasteiger partial charge >= 0.3 is 10.8 Å². The molecule has 0 amide bonds. The van der Waals surface area contributed by atoms with E-state index in [1.165, 1.54) is 18.5 Å². The fraction of sp³-hybridized carbons (Fsp3) is 0.100. The van der Waals surface area contributed by atoms with Crippen LogP contribution in [0.25, 0.3) is 0 Å². The van der Waals surface area contributed by atoms with Crippen molar-refractivity contribution in [3.63, 3.8) is 0 Å².